The van der Waals surface area contributed by atoms with Gasteiger partial charge in [0.25, 0.3) is 0 Å². The van der Waals surface area contributed by atoms with E-state index in [4.69, 9.17) is 9.84 Å². The van der Waals surface area contributed by atoms with E-state index >= 15 is 0 Å². The predicted octanol–water partition coefficient (Wildman–Crippen LogP) is 0.548. The molecule has 6 heteroatoms. The van der Waals surface area contributed by atoms with Crippen LogP contribution in [0, 0.1) is 5.92 Å². The van der Waals surface area contributed by atoms with Crippen LogP contribution in [-0.4, -0.2) is 42.0 Å². The maximum atomic E-state index is 11.4. The molecule has 0 saturated carbocycles. The molecule has 16 heavy (non-hydrogen) atoms. The Hall–Kier alpha value is -0.750. The van der Waals surface area contributed by atoms with Crippen LogP contribution in [0.25, 0.3) is 0 Å². The molecule has 2 N–H and O–H groups in total. The van der Waals surface area contributed by atoms with E-state index in [1.54, 1.807) is 6.92 Å². The van der Waals surface area contributed by atoms with Gasteiger partial charge >= 0.3 is 11.9 Å². The number of aliphatic carboxylic acids is 1. The quantitative estimate of drug-likeness (QED) is 0.432. The minimum absolute atomic E-state index is 0.189. The maximum absolute atomic E-state index is 11.4. The fourth-order valence-electron chi connectivity index (χ4n) is 1.17. The first-order chi connectivity index (χ1) is 7.56. The van der Waals surface area contributed by atoms with E-state index in [0.29, 0.717) is 19.6 Å². The summed E-state index contributed by atoms with van der Waals surface area (Å²) in [5.74, 6) is -1.37. The third kappa shape index (κ3) is 5.37. The number of ether oxygens (including phenoxy) is 1. The second-order valence-corrected chi connectivity index (χ2v) is 3.70. The molecule has 94 valence electrons. The van der Waals surface area contributed by atoms with Crippen LogP contribution in [0.2, 0.25) is 0 Å². The molecule has 0 aliphatic carbocycles. The largest absolute Gasteiger partial charge is 0.480 e. The summed E-state index contributed by atoms with van der Waals surface area (Å²) >= 11 is 3.92. The monoisotopic (exact) mass is 249 g/mol. The number of carbonyl (C=O) groups is 2. The van der Waals surface area contributed by atoms with Gasteiger partial charge in [-0.05, 0) is 13.3 Å². The summed E-state index contributed by atoms with van der Waals surface area (Å²) in [6.07, 6.45) is 0.616. The molecule has 0 radical (unpaired) electrons. The molecule has 2 atom stereocenters. The lowest BCUT2D eigenvalue weighted by Gasteiger charge is -2.17. The molecule has 0 bridgehead atoms. The van der Waals surface area contributed by atoms with Crippen LogP contribution in [0.1, 0.15) is 20.3 Å². The van der Waals surface area contributed by atoms with E-state index in [1.165, 1.54) is 0 Å². The summed E-state index contributed by atoms with van der Waals surface area (Å²) in [7, 11) is 0. The second kappa shape index (κ2) is 8.41. The van der Waals surface area contributed by atoms with Crippen LogP contribution >= 0.6 is 12.6 Å². The lowest BCUT2D eigenvalue weighted by molar-refractivity contribution is -0.148. The fraction of sp³-hybridized carbons (Fsp3) is 0.800. The van der Waals surface area contributed by atoms with Gasteiger partial charge in [0.2, 0.25) is 0 Å². The molecular formula is C10H19NO4S. The number of hydrogen-bond acceptors (Lipinski definition) is 5. The number of carboxylic acid groups (broad SMARTS) is 1. The maximum Gasteiger partial charge on any atom is 0.321 e. The van der Waals surface area contributed by atoms with Crippen molar-refractivity contribution in [2.75, 3.05) is 18.9 Å². The van der Waals surface area contributed by atoms with Crippen molar-refractivity contribution in [1.82, 2.24) is 5.32 Å². The van der Waals surface area contributed by atoms with Gasteiger partial charge in [-0.1, -0.05) is 6.92 Å². The van der Waals surface area contributed by atoms with E-state index in [2.05, 4.69) is 17.9 Å². The third-order valence-corrected chi connectivity index (χ3v) is 2.57. The van der Waals surface area contributed by atoms with Crippen LogP contribution in [0.5, 0.6) is 0 Å². The Bertz CT molecular complexity index is 235. The smallest absolute Gasteiger partial charge is 0.321 e. The van der Waals surface area contributed by atoms with Gasteiger partial charge in [-0.15, -0.1) is 0 Å². The molecule has 0 heterocycles. The van der Waals surface area contributed by atoms with Gasteiger partial charge in [0.15, 0.2) is 0 Å². The third-order valence-electron chi connectivity index (χ3n) is 2.20. The first-order valence-corrected chi connectivity index (χ1v) is 5.93. The number of rotatable bonds is 8. The van der Waals surface area contributed by atoms with Gasteiger partial charge in [0.1, 0.15) is 6.04 Å². The van der Waals surface area contributed by atoms with Gasteiger partial charge < -0.3 is 15.2 Å². The highest BCUT2D eigenvalue weighted by Gasteiger charge is 2.21. The predicted molar refractivity (Wildman–Crippen MR) is 63.7 cm³/mol. The second-order valence-electron chi connectivity index (χ2n) is 3.34. The fourth-order valence-corrected chi connectivity index (χ4v) is 1.45. The Morgan fingerprint density at radius 3 is 2.44 bits per heavy atom. The molecule has 0 aromatic carbocycles. The molecule has 0 amide bonds. The average Bonchev–Trinajstić information content (AvgIpc) is 2.24. The molecular weight excluding hydrogens is 230 g/mol. The van der Waals surface area contributed by atoms with Crippen molar-refractivity contribution < 1.29 is 19.4 Å². The molecule has 0 rings (SSSR count). The number of nitrogens with one attached hydrogen (secondary N) is 1. The van der Waals surface area contributed by atoms with Crippen molar-refractivity contribution in [3.05, 3.63) is 0 Å². The van der Waals surface area contributed by atoms with E-state index < -0.39 is 12.0 Å². The molecule has 5 nitrogen and oxygen atoms in total. The Balaban J connectivity index is 4.12. The van der Waals surface area contributed by atoms with Gasteiger partial charge in [-0.3, -0.25) is 9.59 Å². The average molecular weight is 249 g/mol. The van der Waals surface area contributed by atoms with Gasteiger partial charge in [-0.25, -0.2) is 0 Å². The summed E-state index contributed by atoms with van der Waals surface area (Å²) in [5, 5.41) is 11.6. The van der Waals surface area contributed by atoms with Crippen LogP contribution in [0.15, 0.2) is 0 Å². The normalized spacial score (nSPS) is 14.2. The molecule has 0 aromatic rings. The Labute approximate surface area is 101 Å². The van der Waals surface area contributed by atoms with E-state index in [1.807, 2.05) is 6.92 Å². The highest BCUT2D eigenvalue weighted by atomic mass is 32.1. The zero-order chi connectivity index (χ0) is 12.6. The zero-order valence-corrected chi connectivity index (χ0v) is 10.5. The number of hydrogen-bond donors (Lipinski definition) is 3. The Kier molecular flexibility index (Phi) is 8.01. The first kappa shape index (κ1) is 15.2. The lowest BCUT2D eigenvalue weighted by atomic mass is 10.1. The van der Waals surface area contributed by atoms with Crippen LogP contribution in [0.3, 0.4) is 0 Å². The SMILES string of the molecule is CCOC(=O)C(CC)CNC(CS)C(=O)O. The van der Waals surface area contributed by atoms with Crippen molar-refractivity contribution in [1.29, 1.82) is 0 Å². The first-order valence-electron chi connectivity index (χ1n) is 5.30. The van der Waals surface area contributed by atoms with Crippen LogP contribution in [-0.2, 0) is 14.3 Å². The standard InChI is InChI=1S/C10H19NO4S/c1-3-7(10(14)15-4-2)5-11-8(6-16)9(12)13/h7-8,11,16H,3-6H2,1-2H3,(H,12,13). The summed E-state index contributed by atoms with van der Waals surface area (Å²) in [6, 6.07) is -0.730. The zero-order valence-electron chi connectivity index (χ0n) is 9.60. The van der Waals surface area contributed by atoms with Gasteiger partial charge in [-0.2, -0.15) is 12.6 Å². The topological polar surface area (TPSA) is 75.6 Å². The number of carboxylic acids is 1. The molecule has 0 saturated heterocycles. The summed E-state index contributed by atoms with van der Waals surface area (Å²) in [6.45, 7) is 4.24. The van der Waals surface area contributed by atoms with Crippen molar-refractivity contribution in [2.45, 2.75) is 26.3 Å². The van der Waals surface area contributed by atoms with E-state index in [9.17, 15) is 9.59 Å². The molecule has 0 aliphatic heterocycles. The highest BCUT2D eigenvalue weighted by Crippen LogP contribution is 2.04. The van der Waals surface area contributed by atoms with Crippen molar-refractivity contribution >= 4 is 24.6 Å². The van der Waals surface area contributed by atoms with Gasteiger partial charge in [0.05, 0.1) is 12.5 Å². The number of thiol groups is 1. The van der Waals surface area contributed by atoms with Crippen molar-refractivity contribution in [2.24, 2.45) is 5.92 Å². The Morgan fingerprint density at radius 2 is 2.06 bits per heavy atom. The van der Waals surface area contributed by atoms with E-state index in [-0.39, 0.29) is 17.6 Å². The van der Waals surface area contributed by atoms with E-state index in [0.717, 1.165) is 0 Å². The lowest BCUT2D eigenvalue weighted by Crippen LogP contribution is -2.42. The molecule has 0 fully saturated rings. The summed E-state index contributed by atoms with van der Waals surface area (Å²) in [4.78, 5) is 22.1. The van der Waals surface area contributed by atoms with Crippen molar-refractivity contribution in [3.8, 4) is 0 Å². The number of esters is 1. The summed E-state index contributed by atoms with van der Waals surface area (Å²) in [5.41, 5.74) is 0. The molecule has 2 unspecified atom stereocenters. The molecule has 0 spiro atoms. The van der Waals surface area contributed by atoms with Crippen LogP contribution < -0.4 is 5.32 Å². The summed E-state index contributed by atoms with van der Waals surface area (Å²) < 4.78 is 4.88. The Morgan fingerprint density at radius 1 is 1.44 bits per heavy atom. The minimum Gasteiger partial charge on any atom is -0.480 e. The van der Waals surface area contributed by atoms with Crippen molar-refractivity contribution in [3.63, 3.8) is 0 Å². The van der Waals surface area contributed by atoms with Crippen LogP contribution in [0.4, 0.5) is 0 Å². The molecule has 0 aliphatic rings. The highest BCUT2D eigenvalue weighted by molar-refractivity contribution is 7.80. The van der Waals surface area contributed by atoms with Gasteiger partial charge in [0, 0.05) is 12.3 Å². The molecule has 0 aromatic heterocycles. The number of carbonyl (C=O) groups excluding carboxylic acids is 1. The minimum atomic E-state index is -0.964.